The van der Waals surface area contributed by atoms with Gasteiger partial charge in [0.2, 0.25) is 5.91 Å². The highest BCUT2D eigenvalue weighted by molar-refractivity contribution is 5.80. The number of amides is 1. The van der Waals surface area contributed by atoms with Crippen molar-refractivity contribution in [1.29, 1.82) is 0 Å². The fourth-order valence-corrected chi connectivity index (χ4v) is 3.43. The van der Waals surface area contributed by atoms with E-state index < -0.39 is 0 Å². The Hall–Kier alpha value is -2.56. The molecule has 0 N–H and O–H groups in total. The molecule has 1 aliphatic heterocycles. The zero-order valence-electron chi connectivity index (χ0n) is 13.1. The van der Waals surface area contributed by atoms with Crippen molar-refractivity contribution in [1.82, 2.24) is 14.5 Å². The van der Waals surface area contributed by atoms with Gasteiger partial charge in [0.25, 0.3) is 0 Å². The summed E-state index contributed by atoms with van der Waals surface area (Å²) >= 11 is 0. The van der Waals surface area contributed by atoms with Gasteiger partial charge in [-0.2, -0.15) is 0 Å². The maximum atomic E-state index is 12.3. The Morgan fingerprint density at radius 2 is 2.13 bits per heavy atom. The molecule has 1 amide bonds. The molecule has 3 heterocycles. The van der Waals surface area contributed by atoms with Crippen LogP contribution in [0.25, 0.3) is 11.0 Å². The molecule has 5 heteroatoms. The number of rotatable bonds is 4. The Morgan fingerprint density at radius 3 is 2.91 bits per heavy atom. The van der Waals surface area contributed by atoms with Gasteiger partial charge in [-0.3, -0.25) is 4.79 Å². The average Bonchev–Trinajstić information content (AvgIpc) is 3.27. The summed E-state index contributed by atoms with van der Waals surface area (Å²) in [6.45, 7) is 4.21. The molecule has 1 saturated heterocycles. The van der Waals surface area contributed by atoms with E-state index in [1.165, 1.54) is 0 Å². The minimum atomic E-state index is 0.143. The number of aromatic nitrogens is 2. The Labute approximate surface area is 134 Å². The number of imidazole rings is 1. The first-order valence-corrected chi connectivity index (χ1v) is 8.01. The van der Waals surface area contributed by atoms with Crippen molar-refractivity contribution >= 4 is 16.9 Å². The Balaban J connectivity index is 1.63. The van der Waals surface area contributed by atoms with Crippen LogP contribution in [-0.4, -0.2) is 26.9 Å². The lowest BCUT2D eigenvalue weighted by molar-refractivity contribution is -0.128. The van der Waals surface area contributed by atoms with Crippen LogP contribution in [0.2, 0.25) is 0 Å². The van der Waals surface area contributed by atoms with Crippen LogP contribution in [0, 0.1) is 0 Å². The van der Waals surface area contributed by atoms with Gasteiger partial charge in [-0.25, -0.2) is 4.98 Å². The van der Waals surface area contributed by atoms with Crippen molar-refractivity contribution in [3.63, 3.8) is 0 Å². The van der Waals surface area contributed by atoms with Gasteiger partial charge in [0.15, 0.2) is 0 Å². The van der Waals surface area contributed by atoms with Crippen LogP contribution in [0.15, 0.2) is 47.1 Å². The van der Waals surface area contributed by atoms with E-state index in [2.05, 4.69) is 17.6 Å². The van der Waals surface area contributed by atoms with Gasteiger partial charge < -0.3 is 13.9 Å². The first kappa shape index (κ1) is 14.1. The molecule has 1 fully saturated rings. The third kappa shape index (κ3) is 2.42. The van der Waals surface area contributed by atoms with E-state index in [0.29, 0.717) is 19.5 Å². The lowest BCUT2D eigenvalue weighted by atomic mass is 10.1. The number of aryl methyl sites for hydroxylation is 1. The summed E-state index contributed by atoms with van der Waals surface area (Å²) in [4.78, 5) is 19.0. The topological polar surface area (TPSA) is 51.3 Å². The molecule has 0 aliphatic carbocycles. The number of fused-ring (bicyclic) bond motifs is 1. The molecular weight excluding hydrogens is 290 g/mol. The summed E-state index contributed by atoms with van der Waals surface area (Å²) < 4.78 is 7.59. The third-order valence-corrected chi connectivity index (χ3v) is 4.51. The Kier molecular flexibility index (Phi) is 3.41. The smallest absolute Gasteiger partial charge is 0.223 e. The largest absolute Gasteiger partial charge is 0.467 e. The van der Waals surface area contributed by atoms with Crippen LogP contribution in [0.1, 0.15) is 30.8 Å². The predicted octanol–water partition coefficient (Wildman–Crippen LogP) is 3.17. The molecule has 0 bridgehead atoms. The number of carbonyl (C=O) groups is 1. The highest BCUT2D eigenvalue weighted by Crippen LogP contribution is 2.31. The predicted molar refractivity (Wildman–Crippen MR) is 86.9 cm³/mol. The second-order valence-electron chi connectivity index (χ2n) is 5.96. The van der Waals surface area contributed by atoms with E-state index >= 15 is 0 Å². The van der Waals surface area contributed by atoms with E-state index in [0.717, 1.165) is 29.2 Å². The van der Waals surface area contributed by atoms with Crippen LogP contribution in [-0.2, 0) is 17.9 Å². The Bertz CT molecular complexity index is 835. The van der Waals surface area contributed by atoms with Gasteiger partial charge in [-0.05, 0) is 31.2 Å². The van der Waals surface area contributed by atoms with Gasteiger partial charge in [0, 0.05) is 25.4 Å². The number of carbonyl (C=O) groups excluding carboxylic acids is 1. The van der Waals surface area contributed by atoms with Crippen molar-refractivity contribution in [3.05, 3.63) is 54.2 Å². The quantitative estimate of drug-likeness (QED) is 0.744. The zero-order valence-corrected chi connectivity index (χ0v) is 13.1. The van der Waals surface area contributed by atoms with Crippen molar-refractivity contribution < 1.29 is 9.21 Å². The minimum absolute atomic E-state index is 0.143. The number of hydrogen-bond acceptors (Lipinski definition) is 3. The molecule has 5 nitrogen and oxygen atoms in total. The molecule has 4 rings (SSSR count). The fraction of sp³-hybridized carbons (Fsp3) is 0.333. The van der Waals surface area contributed by atoms with E-state index in [1.54, 1.807) is 6.26 Å². The second kappa shape index (κ2) is 5.57. The summed E-state index contributed by atoms with van der Waals surface area (Å²) in [5.74, 6) is 2.15. The van der Waals surface area contributed by atoms with E-state index in [9.17, 15) is 4.79 Å². The summed E-state index contributed by atoms with van der Waals surface area (Å²) in [7, 11) is 0. The summed E-state index contributed by atoms with van der Waals surface area (Å²) in [5.41, 5.74) is 2.14. The van der Waals surface area contributed by atoms with Crippen LogP contribution in [0.4, 0.5) is 0 Å². The lowest BCUT2D eigenvalue weighted by Gasteiger charge is -2.15. The molecule has 0 saturated carbocycles. The standard InChI is InChI=1S/C18H19N3O2/c1-2-21-16-8-4-3-7-15(16)19-18(21)13-10-17(22)20(11-13)12-14-6-5-9-23-14/h3-9,13H,2,10-12H2,1H3. The summed E-state index contributed by atoms with van der Waals surface area (Å²) in [6.07, 6.45) is 2.16. The molecular formula is C18H19N3O2. The number of hydrogen-bond donors (Lipinski definition) is 0. The fourth-order valence-electron chi connectivity index (χ4n) is 3.43. The third-order valence-electron chi connectivity index (χ3n) is 4.51. The number of para-hydroxylation sites is 2. The molecule has 1 atom stereocenters. The number of nitrogens with zero attached hydrogens (tertiary/aromatic N) is 3. The molecule has 1 aliphatic rings. The molecule has 1 unspecified atom stereocenters. The highest BCUT2D eigenvalue weighted by atomic mass is 16.3. The van der Waals surface area contributed by atoms with E-state index in [-0.39, 0.29) is 11.8 Å². The molecule has 0 radical (unpaired) electrons. The van der Waals surface area contributed by atoms with E-state index in [1.807, 2.05) is 35.2 Å². The van der Waals surface area contributed by atoms with E-state index in [4.69, 9.17) is 9.40 Å². The zero-order chi connectivity index (χ0) is 15.8. The van der Waals surface area contributed by atoms with Crippen molar-refractivity contribution in [2.45, 2.75) is 32.4 Å². The first-order valence-electron chi connectivity index (χ1n) is 8.01. The highest BCUT2D eigenvalue weighted by Gasteiger charge is 2.34. The normalized spacial score (nSPS) is 18.2. The summed E-state index contributed by atoms with van der Waals surface area (Å²) in [6, 6.07) is 11.9. The first-order chi connectivity index (χ1) is 11.3. The average molecular weight is 309 g/mol. The van der Waals surface area contributed by atoms with Crippen LogP contribution < -0.4 is 0 Å². The molecule has 3 aromatic rings. The lowest BCUT2D eigenvalue weighted by Crippen LogP contribution is -2.24. The van der Waals surface area contributed by atoms with Crippen LogP contribution >= 0.6 is 0 Å². The molecule has 23 heavy (non-hydrogen) atoms. The Morgan fingerprint density at radius 1 is 1.26 bits per heavy atom. The van der Waals surface area contributed by atoms with Crippen molar-refractivity contribution in [3.8, 4) is 0 Å². The molecule has 1 aromatic carbocycles. The van der Waals surface area contributed by atoms with Crippen molar-refractivity contribution in [2.24, 2.45) is 0 Å². The molecule has 118 valence electrons. The molecule has 0 spiro atoms. The van der Waals surface area contributed by atoms with Gasteiger partial charge in [0.1, 0.15) is 11.6 Å². The van der Waals surface area contributed by atoms with Gasteiger partial charge in [0.05, 0.1) is 23.8 Å². The van der Waals surface area contributed by atoms with Gasteiger partial charge in [-0.15, -0.1) is 0 Å². The maximum Gasteiger partial charge on any atom is 0.223 e. The molecule has 2 aromatic heterocycles. The van der Waals surface area contributed by atoms with Crippen molar-refractivity contribution in [2.75, 3.05) is 6.54 Å². The number of likely N-dealkylation sites (tertiary alicyclic amines) is 1. The number of furan rings is 1. The SMILES string of the molecule is CCn1c(C2CC(=O)N(Cc3ccco3)C2)nc2ccccc21. The van der Waals surface area contributed by atoms with Crippen LogP contribution in [0.5, 0.6) is 0 Å². The van der Waals surface area contributed by atoms with Gasteiger partial charge in [-0.1, -0.05) is 12.1 Å². The minimum Gasteiger partial charge on any atom is -0.467 e. The monoisotopic (exact) mass is 309 g/mol. The second-order valence-corrected chi connectivity index (χ2v) is 5.96. The van der Waals surface area contributed by atoms with Gasteiger partial charge >= 0.3 is 0 Å². The van der Waals surface area contributed by atoms with Crippen LogP contribution in [0.3, 0.4) is 0 Å². The summed E-state index contributed by atoms with van der Waals surface area (Å²) in [5, 5.41) is 0. The maximum absolute atomic E-state index is 12.3. The number of benzene rings is 1.